The molecule has 0 N–H and O–H groups in total. The Kier molecular flexibility index (Phi) is 4.60. The highest BCUT2D eigenvalue weighted by atomic mass is 79.9. The molecule has 1 aliphatic rings. The molecule has 0 aromatic carbocycles. The van der Waals surface area contributed by atoms with Gasteiger partial charge in [-0.05, 0) is 25.2 Å². The third kappa shape index (κ3) is 4.56. The van der Waals surface area contributed by atoms with E-state index in [2.05, 4.69) is 15.9 Å². The maximum absolute atomic E-state index is 12.9. The number of rotatable bonds is 4. The smallest absolute Gasteiger partial charge is 0.292 e. The highest BCUT2D eigenvalue weighted by Gasteiger charge is 2.40. The maximum atomic E-state index is 12.9. The van der Waals surface area contributed by atoms with Crippen molar-refractivity contribution in [1.82, 2.24) is 0 Å². The van der Waals surface area contributed by atoms with Gasteiger partial charge in [-0.25, -0.2) is 8.78 Å². The second-order valence-corrected chi connectivity index (χ2v) is 5.86. The number of carbonyl (C=O) groups excluding carboxylic acids is 1. The Labute approximate surface area is 106 Å². The number of hydrogen-bond donors (Lipinski definition) is 0. The zero-order valence-electron chi connectivity index (χ0n) is 9.49. The summed E-state index contributed by atoms with van der Waals surface area (Å²) in [5.41, 5.74) is 0. The molecule has 1 saturated carbocycles. The summed E-state index contributed by atoms with van der Waals surface area (Å²) in [4.78, 5) is 10.3. The summed E-state index contributed by atoms with van der Waals surface area (Å²) in [6.07, 6.45) is 0.357. The summed E-state index contributed by atoms with van der Waals surface area (Å²) in [7, 11) is 0. The topological polar surface area (TPSA) is 17.1 Å². The molecule has 100 valence electrons. The molecular formula is C11H15BrF4O. The molecule has 1 fully saturated rings. The fourth-order valence-electron chi connectivity index (χ4n) is 2.01. The lowest BCUT2D eigenvalue weighted by Crippen LogP contribution is -2.34. The van der Waals surface area contributed by atoms with E-state index in [-0.39, 0.29) is 38.0 Å². The monoisotopic (exact) mass is 318 g/mol. The minimum absolute atomic E-state index is 0.0784. The van der Waals surface area contributed by atoms with E-state index in [1.165, 1.54) is 0 Å². The summed E-state index contributed by atoms with van der Waals surface area (Å²) in [6.45, 7) is 0.554. The number of Topliss-reactive ketones (excluding diaryl/α,β-unsaturated/α-hetero) is 1. The first-order valence-corrected chi connectivity index (χ1v) is 6.47. The lowest BCUT2D eigenvalue weighted by molar-refractivity contribution is -0.140. The Hall–Kier alpha value is -0.130. The normalized spacial score (nSPS) is 23.4. The molecule has 0 radical (unpaired) electrons. The Morgan fingerprint density at radius 3 is 2.29 bits per heavy atom. The minimum atomic E-state index is -3.37. The molecule has 0 saturated heterocycles. The van der Waals surface area contributed by atoms with Crippen LogP contribution in [0.1, 0.15) is 39.0 Å². The Morgan fingerprint density at radius 2 is 1.88 bits per heavy atom. The summed E-state index contributed by atoms with van der Waals surface area (Å²) in [6, 6.07) is 0. The van der Waals surface area contributed by atoms with Crippen molar-refractivity contribution in [3.8, 4) is 0 Å². The predicted molar refractivity (Wildman–Crippen MR) is 59.9 cm³/mol. The van der Waals surface area contributed by atoms with Gasteiger partial charge in [-0.2, -0.15) is 8.78 Å². The van der Waals surface area contributed by atoms with Crippen LogP contribution >= 0.6 is 15.9 Å². The van der Waals surface area contributed by atoms with E-state index in [0.717, 1.165) is 0 Å². The average Bonchev–Trinajstić information content (AvgIpc) is 2.18. The molecule has 0 amide bonds. The summed E-state index contributed by atoms with van der Waals surface area (Å²) >= 11 is 2.93. The third-order valence-electron chi connectivity index (χ3n) is 3.09. The zero-order valence-corrected chi connectivity index (χ0v) is 11.1. The molecular weight excluding hydrogens is 304 g/mol. The van der Waals surface area contributed by atoms with E-state index in [0.29, 0.717) is 6.92 Å². The summed E-state index contributed by atoms with van der Waals surface area (Å²) in [5.74, 6) is -7.25. The molecule has 0 heterocycles. The molecule has 1 rings (SSSR count). The van der Waals surface area contributed by atoms with E-state index in [1.54, 1.807) is 0 Å². The Balaban J connectivity index is 2.43. The van der Waals surface area contributed by atoms with Gasteiger partial charge >= 0.3 is 5.92 Å². The molecule has 1 nitrogen and oxygen atoms in total. The van der Waals surface area contributed by atoms with E-state index >= 15 is 0 Å². The molecule has 0 spiro atoms. The number of hydrogen-bond acceptors (Lipinski definition) is 1. The van der Waals surface area contributed by atoms with Crippen LogP contribution < -0.4 is 0 Å². The molecule has 1 atom stereocenters. The van der Waals surface area contributed by atoms with Crippen molar-refractivity contribution in [3.05, 3.63) is 0 Å². The van der Waals surface area contributed by atoms with Crippen molar-refractivity contribution in [2.75, 3.05) is 0 Å². The first-order valence-electron chi connectivity index (χ1n) is 5.56. The first kappa shape index (κ1) is 14.9. The van der Waals surface area contributed by atoms with Gasteiger partial charge in [0.05, 0.1) is 4.83 Å². The van der Waals surface area contributed by atoms with Crippen LogP contribution in [0.25, 0.3) is 0 Å². The molecule has 6 heteroatoms. The van der Waals surface area contributed by atoms with Gasteiger partial charge in [0.15, 0.2) is 0 Å². The molecule has 0 unspecified atom stereocenters. The number of ketones is 1. The molecule has 0 bridgehead atoms. The van der Waals surface area contributed by atoms with Crippen LogP contribution in [0.3, 0.4) is 0 Å². The van der Waals surface area contributed by atoms with Gasteiger partial charge in [0.25, 0.3) is 0 Å². The van der Waals surface area contributed by atoms with E-state index in [4.69, 9.17) is 0 Å². The molecule has 0 aromatic rings. The van der Waals surface area contributed by atoms with Crippen molar-refractivity contribution in [1.29, 1.82) is 0 Å². The van der Waals surface area contributed by atoms with Gasteiger partial charge in [-0.15, -0.1) is 0 Å². The van der Waals surface area contributed by atoms with E-state index < -0.39 is 22.5 Å². The highest BCUT2D eigenvalue weighted by molar-refractivity contribution is 9.10. The standard InChI is InChI=1S/C11H15BrF4O/c1-10(13,14)9(17)8(12)6-7-2-4-11(15,16)5-3-7/h7-8H,2-6H2,1H3/t8-/m0/s1. The Bertz CT molecular complexity index is 278. The van der Waals surface area contributed by atoms with Crippen LogP contribution in [0, 0.1) is 5.92 Å². The van der Waals surface area contributed by atoms with E-state index in [9.17, 15) is 22.4 Å². The fraction of sp³-hybridized carbons (Fsp3) is 0.909. The zero-order chi connectivity index (χ0) is 13.3. The molecule has 0 aliphatic heterocycles. The summed E-state index contributed by atoms with van der Waals surface area (Å²) < 4.78 is 51.2. The Morgan fingerprint density at radius 1 is 1.41 bits per heavy atom. The number of carbonyl (C=O) groups is 1. The highest BCUT2D eigenvalue weighted by Crippen LogP contribution is 2.39. The molecule has 17 heavy (non-hydrogen) atoms. The largest absolute Gasteiger partial charge is 0.303 e. The van der Waals surface area contributed by atoms with Crippen molar-refractivity contribution in [3.63, 3.8) is 0 Å². The summed E-state index contributed by atoms with van der Waals surface area (Å²) in [5, 5.41) is 0. The lowest BCUT2D eigenvalue weighted by Gasteiger charge is -2.29. The van der Waals surface area contributed by atoms with Crippen LogP contribution in [-0.4, -0.2) is 22.5 Å². The van der Waals surface area contributed by atoms with Crippen LogP contribution in [0.2, 0.25) is 0 Å². The van der Waals surface area contributed by atoms with Crippen molar-refractivity contribution < 1.29 is 22.4 Å². The van der Waals surface area contributed by atoms with Gasteiger partial charge in [0.1, 0.15) is 0 Å². The minimum Gasteiger partial charge on any atom is -0.292 e. The second-order valence-electron chi connectivity index (χ2n) is 4.76. The van der Waals surface area contributed by atoms with Crippen molar-refractivity contribution in [2.45, 2.75) is 55.7 Å². The number of halogens is 5. The fourth-order valence-corrected chi connectivity index (χ4v) is 2.94. The quantitative estimate of drug-likeness (QED) is 0.561. The predicted octanol–water partition coefficient (Wildman–Crippen LogP) is 4.19. The van der Waals surface area contributed by atoms with Gasteiger partial charge < -0.3 is 0 Å². The van der Waals surface area contributed by atoms with Gasteiger partial charge in [-0.1, -0.05) is 15.9 Å². The van der Waals surface area contributed by atoms with Crippen LogP contribution in [0.15, 0.2) is 0 Å². The average molecular weight is 319 g/mol. The van der Waals surface area contributed by atoms with Crippen molar-refractivity contribution in [2.24, 2.45) is 5.92 Å². The first-order chi connectivity index (χ1) is 7.62. The maximum Gasteiger partial charge on any atom is 0.303 e. The van der Waals surface area contributed by atoms with Gasteiger partial charge in [0.2, 0.25) is 11.7 Å². The van der Waals surface area contributed by atoms with Gasteiger partial charge in [0, 0.05) is 19.8 Å². The van der Waals surface area contributed by atoms with Crippen LogP contribution in [0.4, 0.5) is 17.6 Å². The second kappa shape index (κ2) is 5.24. The van der Waals surface area contributed by atoms with Crippen LogP contribution in [0.5, 0.6) is 0 Å². The number of alkyl halides is 5. The van der Waals surface area contributed by atoms with E-state index in [1.807, 2.05) is 0 Å². The SMILES string of the molecule is CC(F)(F)C(=O)[C@@H](Br)CC1CCC(F)(F)CC1. The van der Waals surface area contributed by atoms with Crippen LogP contribution in [-0.2, 0) is 4.79 Å². The van der Waals surface area contributed by atoms with Crippen molar-refractivity contribution >= 4 is 21.7 Å². The third-order valence-corrected chi connectivity index (χ3v) is 3.88. The lowest BCUT2D eigenvalue weighted by atomic mass is 9.83. The molecule has 0 aromatic heterocycles. The van der Waals surface area contributed by atoms with Gasteiger partial charge in [-0.3, -0.25) is 4.79 Å². The molecule has 1 aliphatic carbocycles.